The van der Waals surface area contributed by atoms with E-state index in [-0.39, 0.29) is 11.8 Å². The van der Waals surface area contributed by atoms with Gasteiger partial charge in [0.15, 0.2) is 5.78 Å². The second-order valence-corrected chi connectivity index (χ2v) is 5.58. The fourth-order valence-electron chi connectivity index (χ4n) is 1.53. The SMILES string of the molecule is O=C(c1ccc(Br)s1)C1CCCN1. The fraction of sp³-hybridized carbons (Fsp3) is 0.444. The van der Waals surface area contributed by atoms with E-state index in [4.69, 9.17) is 0 Å². The number of carbonyl (C=O) groups excluding carboxylic acids is 1. The summed E-state index contributed by atoms with van der Waals surface area (Å²) in [6, 6.07) is 3.87. The van der Waals surface area contributed by atoms with Crippen LogP contribution in [0.4, 0.5) is 0 Å². The van der Waals surface area contributed by atoms with Gasteiger partial charge in [-0.1, -0.05) is 0 Å². The molecule has 4 heteroatoms. The van der Waals surface area contributed by atoms with E-state index in [1.807, 2.05) is 12.1 Å². The minimum Gasteiger partial charge on any atom is -0.307 e. The van der Waals surface area contributed by atoms with E-state index in [9.17, 15) is 4.79 Å². The average molecular weight is 260 g/mol. The van der Waals surface area contributed by atoms with Gasteiger partial charge in [0.25, 0.3) is 0 Å². The summed E-state index contributed by atoms with van der Waals surface area (Å²) in [5.74, 6) is 0.244. The summed E-state index contributed by atoms with van der Waals surface area (Å²) in [6.45, 7) is 0.975. The van der Waals surface area contributed by atoms with Crippen molar-refractivity contribution in [2.24, 2.45) is 0 Å². The molecule has 0 spiro atoms. The van der Waals surface area contributed by atoms with Crippen molar-refractivity contribution in [3.05, 3.63) is 20.8 Å². The van der Waals surface area contributed by atoms with Gasteiger partial charge >= 0.3 is 0 Å². The first-order valence-corrected chi connectivity index (χ1v) is 5.91. The van der Waals surface area contributed by atoms with Gasteiger partial charge in [-0.05, 0) is 47.4 Å². The van der Waals surface area contributed by atoms with Crippen molar-refractivity contribution in [2.45, 2.75) is 18.9 Å². The molecule has 1 atom stereocenters. The number of hydrogen-bond acceptors (Lipinski definition) is 3. The first-order chi connectivity index (χ1) is 6.27. The van der Waals surface area contributed by atoms with E-state index in [1.54, 1.807) is 0 Å². The predicted molar refractivity (Wildman–Crippen MR) is 57.4 cm³/mol. The number of hydrogen-bond donors (Lipinski definition) is 1. The molecular formula is C9H10BrNOS. The molecule has 13 heavy (non-hydrogen) atoms. The third-order valence-electron chi connectivity index (χ3n) is 2.19. The fourth-order valence-corrected chi connectivity index (χ4v) is 2.91. The largest absolute Gasteiger partial charge is 0.307 e. The zero-order valence-corrected chi connectivity index (χ0v) is 9.45. The molecule has 70 valence electrons. The Morgan fingerprint density at radius 2 is 2.46 bits per heavy atom. The topological polar surface area (TPSA) is 29.1 Å². The first-order valence-electron chi connectivity index (χ1n) is 4.30. The van der Waals surface area contributed by atoms with Crippen LogP contribution in [-0.4, -0.2) is 18.4 Å². The van der Waals surface area contributed by atoms with Crippen LogP contribution in [0.5, 0.6) is 0 Å². The lowest BCUT2D eigenvalue weighted by Gasteiger charge is -2.05. The zero-order valence-electron chi connectivity index (χ0n) is 7.05. The summed E-state index contributed by atoms with van der Waals surface area (Å²) in [7, 11) is 0. The zero-order chi connectivity index (χ0) is 9.26. The molecule has 0 aromatic carbocycles. The number of halogens is 1. The quantitative estimate of drug-likeness (QED) is 0.827. The third-order valence-corrected chi connectivity index (χ3v) is 3.83. The number of carbonyl (C=O) groups is 1. The lowest BCUT2D eigenvalue weighted by molar-refractivity contribution is 0.0956. The van der Waals surface area contributed by atoms with E-state index in [0.717, 1.165) is 28.0 Å². The Hall–Kier alpha value is -0.190. The average Bonchev–Trinajstić information content (AvgIpc) is 2.72. The number of Topliss-reactive ketones (excluding diaryl/α,β-unsaturated/α-hetero) is 1. The van der Waals surface area contributed by atoms with Crippen LogP contribution in [0.3, 0.4) is 0 Å². The molecule has 1 fully saturated rings. The molecule has 1 aromatic heterocycles. The summed E-state index contributed by atoms with van der Waals surface area (Å²) in [5, 5.41) is 3.21. The number of nitrogens with one attached hydrogen (secondary N) is 1. The molecule has 2 heterocycles. The molecule has 2 nitrogen and oxygen atoms in total. The maximum Gasteiger partial charge on any atom is 0.189 e. The summed E-state index contributed by atoms with van der Waals surface area (Å²) in [6.07, 6.45) is 2.09. The molecule has 0 bridgehead atoms. The van der Waals surface area contributed by atoms with Gasteiger partial charge in [0, 0.05) is 0 Å². The molecule has 1 N–H and O–H groups in total. The van der Waals surface area contributed by atoms with E-state index in [0.29, 0.717) is 0 Å². The van der Waals surface area contributed by atoms with E-state index in [1.165, 1.54) is 11.3 Å². The molecule has 1 aromatic rings. The van der Waals surface area contributed by atoms with Crippen molar-refractivity contribution in [3.63, 3.8) is 0 Å². The van der Waals surface area contributed by atoms with Crippen LogP contribution in [0.15, 0.2) is 15.9 Å². The van der Waals surface area contributed by atoms with Crippen LogP contribution >= 0.6 is 27.3 Å². The highest BCUT2D eigenvalue weighted by atomic mass is 79.9. The van der Waals surface area contributed by atoms with Gasteiger partial charge < -0.3 is 5.32 Å². The van der Waals surface area contributed by atoms with Crippen molar-refractivity contribution >= 4 is 33.0 Å². The van der Waals surface area contributed by atoms with Gasteiger partial charge in [-0.25, -0.2) is 0 Å². The molecule has 0 radical (unpaired) electrons. The van der Waals surface area contributed by atoms with Crippen LogP contribution in [0.1, 0.15) is 22.5 Å². The van der Waals surface area contributed by atoms with E-state index >= 15 is 0 Å². The Morgan fingerprint density at radius 1 is 1.62 bits per heavy atom. The van der Waals surface area contributed by atoms with Crippen LogP contribution in [0, 0.1) is 0 Å². The summed E-state index contributed by atoms with van der Waals surface area (Å²) >= 11 is 4.86. The normalized spacial score (nSPS) is 22.1. The van der Waals surface area contributed by atoms with Gasteiger partial charge in [0.2, 0.25) is 0 Å². The molecule has 1 aliphatic heterocycles. The second kappa shape index (κ2) is 3.90. The molecule has 0 amide bonds. The molecule has 2 rings (SSSR count). The Bertz CT molecular complexity index is 317. The predicted octanol–water partition coefficient (Wildman–Crippen LogP) is 2.45. The molecule has 1 unspecified atom stereocenters. The minimum absolute atomic E-state index is 0.0607. The van der Waals surface area contributed by atoms with Crippen LogP contribution in [0.25, 0.3) is 0 Å². The molecular weight excluding hydrogens is 250 g/mol. The van der Waals surface area contributed by atoms with Gasteiger partial charge in [0.1, 0.15) is 0 Å². The van der Waals surface area contributed by atoms with E-state index in [2.05, 4.69) is 21.2 Å². The van der Waals surface area contributed by atoms with Crippen molar-refractivity contribution in [1.29, 1.82) is 0 Å². The van der Waals surface area contributed by atoms with Gasteiger partial charge in [-0.15, -0.1) is 11.3 Å². The molecule has 0 aliphatic carbocycles. The smallest absolute Gasteiger partial charge is 0.189 e. The number of rotatable bonds is 2. The molecule has 1 aliphatic rings. The highest BCUT2D eigenvalue weighted by Crippen LogP contribution is 2.24. The first kappa shape index (κ1) is 9.37. The highest BCUT2D eigenvalue weighted by molar-refractivity contribution is 9.11. The minimum atomic E-state index is 0.0607. The lowest BCUT2D eigenvalue weighted by Crippen LogP contribution is -2.30. The standard InChI is InChI=1S/C9H10BrNOS/c10-8-4-3-7(13-8)9(12)6-2-1-5-11-6/h3-4,6,11H,1-2,5H2. The highest BCUT2D eigenvalue weighted by Gasteiger charge is 2.23. The van der Waals surface area contributed by atoms with Crippen LogP contribution < -0.4 is 5.32 Å². The van der Waals surface area contributed by atoms with E-state index < -0.39 is 0 Å². The summed E-state index contributed by atoms with van der Waals surface area (Å²) < 4.78 is 1.02. The second-order valence-electron chi connectivity index (χ2n) is 3.12. The Labute approximate surface area is 89.5 Å². The van der Waals surface area contributed by atoms with Gasteiger partial charge in [-0.3, -0.25) is 4.79 Å². The third kappa shape index (κ3) is 2.00. The van der Waals surface area contributed by atoms with Gasteiger partial charge in [0.05, 0.1) is 14.7 Å². The maximum atomic E-state index is 11.8. The van der Waals surface area contributed by atoms with Crippen molar-refractivity contribution in [3.8, 4) is 0 Å². The van der Waals surface area contributed by atoms with Crippen LogP contribution in [-0.2, 0) is 0 Å². The Kier molecular flexibility index (Phi) is 2.81. The van der Waals surface area contributed by atoms with Gasteiger partial charge in [-0.2, -0.15) is 0 Å². The van der Waals surface area contributed by atoms with Crippen LogP contribution in [0.2, 0.25) is 0 Å². The number of ketones is 1. The van der Waals surface area contributed by atoms with Crippen molar-refractivity contribution in [2.75, 3.05) is 6.54 Å². The Morgan fingerprint density at radius 3 is 3.00 bits per heavy atom. The molecule has 1 saturated heterocycles. The summed E-state index contributed by atoms with van der Waals surface area (Å²) in [5.41, 5.74) is 0. The van der Waals surface area contributed by atoms with Crippen molar-refractivity contribution in [1.82, 2.24) is 5.32 Å². The maximum absolute atomic E-state index is 11.8. The Balaban J connectivity index is 2.12. The lowest BCUT2D eigenvalue weighted by atomic mass is 10.1. The number of thiophene rings is 1. The monoisotopic (exact) mass is 259 g/mol. The molecule has 0 saturated carbocycles. The summed E-state index contributed by atoms with van der Waals surface area (Å²) in [4.78, 5) is 12.6. The van der Waals surface area contributed by atoms with Crippen molar-refractivity contribution < 1.29 is 4.79 Å².